The van der Waals surface area contributed by atoms with Crippen LogP contribution in [0.5, 0.6) is 0 Å². The van der Waals surface area contributed by atoms with Crippen molar-refractivity contribution in [3.05, 3.63) is 0 Å². The summed E-state index contributed by atoms with van der Waals surface area (Å²) in [5, 5.41) is 3.21. The normalized spacial score (nSPS) is 13.2. The average Bonchev–Trinajstić information content (AvgIpc) is 2.16. The number of nitrogens with one attached hydrogen (secondary N) is 1. The first-order chi connectivity index (χ1) is 6.35. The van der Waals surface area contributed by atoms with Gasteiger partial charge in [0, 0.05) is 25.9 Å². The van der Waals surface area contributed by atoms with E-state index >= 15 is 0 Å². The van der Waals surface area contributed by atoms with Crippen LogP contribution < -0.4 is 5.32 Å². The van der Waals surface area contributed by atoms with E-state index in [0.717, 1.165) is 39.3 Å². The fourth-order valence-electron chi connectivity index (χ4n) is 1.05. The highest BCUT2D eigenvalue weighted by atomic mass is 16.5. The zero-order chi connectivity index (χ0) is 9.94. The molecule has 0 saturated carbocycles. The Morgan fingerprint density at radius 1 is 1.15 bits per heavy atom. The van der Waals surface area contributed by atoms with Gasteiger partial charge in [-0.3, -0.25) is 0 Å². The second kappa shape index (κ2) is 9.96. The summed E-state index contributed by atoms with van der Waals surface area (Å²) in [6.07, 6.45) is 2.11. The maximum absolute atomic E-state index is 5.45. The van der Waals surface area contributed by atoms with E-state index in [2.05, 4.69) is 12.2 Å². The van der Waals surface area contributed by atoms with E-state index in [1.165, 1.54) is 0 Å². The molecule has 0 aromatic carbocycles. The quantitative estimate of drug-likeness (QED) is 0.557. The minimum Gasteiger partial charge on any atom is -0.382 e. The van der Waals surface area contributed by atoms with Crippen molar-refractivity contribution in [1.82, 2.24) is 5.32 Å². The summed E-state index contributed by atoms with van der Waals surface area (Å²) in [5.74, 6) is 0. The van der Waals surface area contributed by atoms with Crippen LogP contribution in [0.3, 0.4) is 0 Å². The van der Waals surface area contributed by atoms with Gasteiger partial charge in [0.2, 0.25) is 0 Å². The summed E-state index contributed by atoms with van der Waals surface area (Å²) in [6.45, 7) is 7.39. The van der Waals surface area contributed by atoms with E-state index in [-0.39, 0.29) is 0 Å². The molecule has 0 spiro atoms. The molecule has 0 aliphatic heterocycles. The van der Waals surface area contributed by atoms with E-state index in [0.29, 0.717) is 6.04 Å². The Hall–Kier alpha value is -0.120. The van der Waals surface area contributed by atoms with Gasteiger partial charge < -0.3 is 14.8 Å². The molecular formula is C10H23NO2. The lowest BCUT2D eigenvalue weighted by molar-refractivity contribution is 0.0887. The molecule has 13 heavy (non-hydrogen) atoms. The first-order valence-electron chi connectivity index (χ1n) is 5.17. The fraction of sp³-hybridized carbons (Fsp3) is 1.00. The second-order valence-electron chi connectivity index (χ2n) is 3.05. The van der Waals surface area contributed by atoms with Gasteiger partial charge in [-0.05, 0) is 26.8 Å². The molecule has 0 rings (SSSR count). The standard InChI is InChI=1S/C10H23NO2/c1-4-7-13-9-10(11-3)6-8-12-5-2/h10-11H,4-9H2,1-3H3. The molecule has 1 N–H and O–H groups in total. The highest BCUT2D eigenvalue weighted by molar-refractivity contribution is 4.62. The third kappa shape index (κ3) is 8.22. The molecule has 0 aliphatic rings. The van der Waals surface area contributed by atoms with Gasteiger partial charge >= 0.3 is 0 Å². The molecule has 3 heteroatoms. The van der Waals surface area contributed by atoms with Crippen LogP contribution in [0.4, 0.5) is 0 Å². The fourth-order valence-corrected chi connectivity index (χ4v) is 1.05. The average molecular weight is 189 g/mol. The highest BCUT2D eigenvalue weighted by Gasteiger charge is 2.04. The minimum absolute atomic E-state index is 0.429. The molecule has 0 saturated heterocycles. The van der Waals surface area contributed by atoms with Crippen LogP contribution in [0.1, 0.15) is 26.7 Å². The number of likely N-dealkylation sites (N-methyl/N-ethyl adjacent to an activating group) is 1. The van der Waals surface area contributed by atoms with Gasteiger partial charge in [0.15, 0.2) is 0 Å². The van der Waals surface area contributed by atoms with Gasteiger partial charge in [0.05, 0.1) is 6.61 Å². The minimum atomic E-state index is 0.429. The van der Waals surface area contributed by atoms with Crippen molar-refractivity contribution in [2.45, 2.75) is 32.7 Å². The van der Waals surface area contributed by atoms with Crippen LogP contribution >= 0.6 is 0 Å². The van der Waals surface area contributed by atoms with E-state index in [1.54, 1.807) is 0 Å². The molecule has 80 valence electrons. The number of ether oxygens (including phenoxy) is 2. The maximum atomic E-state index is 5.45. The molecule has 0 fully saturated rings. The SMILES string of the molecule is CCCOCC(CCOCC)NC. The first kappa shape index (κ1) is 12.9. The first-order valence-corrected chi connectivity index (χ1v) is 5.17. The van der Waals surface area contributed by atoms with E-state index in [4.69, 9.17) is 9.47 Å². The lowest BCUT2D eigenvalue weighted by Gasteiger charge is -2.15. The summed E-state index contributed by atoms with van der Waals surface area (Å²) < 4.78 is 10.7. The molecule has 1 unspecified atom stereocenters. The van der Waals surface area contributed by atoms with Crippen LogP contribution in [0.15, 0.2) is 0 Å². The summed E-state index contributed by atoms with van der Waals surface area (Å²) in [6, 6.07) is 0.429. The van der Waals surface area contributed by atoms with Gasteiger partial charge in [0.1, 0.15) is 0 Å². The van der Waals surface area contributed by atoms with Gasteiger partial charge in [-0.15, -0.1) is 0 Å². The van der Waals surface area contributed by atoms with Crippen molar-refractivity contribution in [2.24, 2.45) is 0 Å². The van der Waals surface area contributed by atoms with Crippen molar-refractivity contribution in [3.63, 3.8) is 0 Å². The largest absolute Gasteiger partial charge is 0.382 e. The van der Waals surface area contributed by atoms with Crippen molar-refractivity contribution >= 4 is 0 Å². The van der Waals surface area contributed by atoms with Crippen LogP contribution in [0, 0.1) is 0 Å². The van der Waals surface area contributed by atoms with Gasteiger partial charge in [-0.1, -0.05) is 6.92 Å². The number of rotatable bonds is 9. The molecule has 0 heterocycles. The molecule has 0 amide bonds. The number of hydrogen-bond donors (Lipinski definition) is 1. The van der Waals surface area contributed by atoms with Crippen LogP contribution in [-0.2, 0) is 9.47 Å². The van der Waals surface area contributed by atoms with Crippen LogP contribution in [0.25, 0.3) is 0 Å². The third-order valence-electron chi connectivity index (χ3n) is 1.89. The zero-order valence-electron chi connectivity index (χ0n) is 9.14. The zero-order valence-corrected chi connectivity index (χ0v) is 9.14. The Morgan fingerprint density at radius 2 is 1.92 bits per heavy atom. The summed E-state index contributed by atoms with van der Waals surface area (Å²) in [4.78, 5) is 0. The van der Waals surface area contributed by atoms with Crippen LogP contribution in [-0.4, -0.2) is 39.5 Å². The van der Waals surface area contributed by atoms with Gasteiger partial charge in [0.25, 0.3) is 0 Å². The monoisotopic (exact) mass is 189 g/mol. The summed E-state index contributed by atoms with van der Waals surface area (Å²) in [5.41, 5.74) is 0. The molecule has 0 aromatic rings. The van der Waals surface area contributed by atoms with E-state index in [9.17, 15) is 0 Å². The highest BCUT2D eigenvalue weighted by Crippen LogP contribution is 1.94. The Kier molecular flexibility index (Phi) is 9.87. The smallest absolute Gasteiger partial charge is 0.0620 e. The Balaban J connectivity index is 3.28. The molecular weight excluding hydrogens is 166 g/mol. The Labute approximate surface area is 81.8 Å². The molecule has 1 atom stereocenters. The molecule has 0 radical (unpaired) electrons. The van der Waals surface area contributed by atoms with Crippen molar-refractivity contribution < 1.29 is 9.47 Å². The predicted octanol–water partition coefficient (Wildman–Crippen LogP) is 1.43. The van der Waals surface area contributed by atoms with Gasteiger partial charge in [-0.25, -0.2) is 0 Å². The topological polar surface area (TPSA) is 30.5 Å². The predicted molar refractivity (Wildman–Crippen MR) is 55.1 cm³/mol. The second-order valence-corrected chi connectivity index (χ2v) is 3.05. The molecule has 0 bridgehead atoms. The summed E-state index contributed by atoms with van der Waals surface area (Å²) in [7, 11) is 1.96. The Morgan fingerprint density at radius 3 is 2.46 bits per heavy atom. The maximum Gasteiger partial charge on any atom is 0.0620 e. The van der Waals surface area contributed by atoms with Crippen molar-refractivity contribution in [2.75, 3.05) is 33.5 Å². The van der Waals surface area contributed by atoms with Gasteiger partial charge in [-0.2, -0.15) is 0 Å². The van der Waals surface area contributed by atoms with Crippen molar-refractivity contribution in [1.29, 1.82) is 0 Å². The van der Waals surface area contributed by atoms with E-state index in [1.807, 2.05) is 14.0 Å². The molecule has 0 aliphatic carbocycles. The lowest BCUT2D eigenvalue weighted by atomic mass is 10.2. The molecule has 0 aromatic heterocycles. The third-order valence-corrected chi connectivity index (χ3v) is 1.89. The number of hydrogen-bond acceptors (Lipinski definition) is 3. The van der Waals surface area contributed by atoms with E-state index < -0.39 is 0 Å². The van der Waals surface area contributed by atoms with Crippen molar-refractivity contribution in [3.8, 4) is 0 Å². The Bertz CT molecular complexity index is 88.9. The lowest BCUT2D eigenvalue weighted by Crippen LogP contribution is -2.31. The molecule has 3 nitrogen and oxygen atoms in total. The summed E-state index contributed by atoms with van der Waals surface area (Å²) >= 11 is 0. The van der Waals surface area contributed by atoms with Crippen LogP contribution in [0.2, 0.25) is 0 Å².